The molecule has 0 saturated carbocycles. The smallest absolute Gasteiger partial charge is 0.355 e. The van der Waals surface area contributed by atoms with Crippen molar-refractivity contribution >= 4 is 27.6 Å². The van der Waals surface area contributed by atoms with Gasteiger partial charge in [-0.15, -0.1) is 0 Å². The van der Waals surface area contributed by atoms with Crippen molar-refractivity contribution in [2.45, 2.75) is 45.9 Å². The third-order valence-corrected chi connectivity index (χ3v) is 8.36. The van der Waals surface area contributed by atoms with Gasteiger partial charge in [0, 0.05) is 49.1 Å². The minimum Gasteiger partial charge on any atom is -0.493 e. The fourth-order valence-electron chi connectivity index (χ4n) is 6.53. The van der Waals surface area contributed by atoms with E-state index in [-0.39, 0.29) is 5.97 Å². The third kappa shape index (κ3) is 5.53. The SMILES string of the molecule is CCOC(=O)c1c(CCCOc2cccc3ccccc23)c2cccc3c2n1CCCN(C)Cc1c-3c(COC)nn1C. The molecule has 5 aromatic rings. The second-order valence-corrected chi connectivity index (χ2v) is 11.2. The van der Waals surface area contributed by atoms with Crippen molar-refractivity contribution in [2.24, 2.45) is 7.05 Å². The Bertz CT molecular complexity index is 1760. The number of carbonyl (C=O) groups excluding carboxylic acids is 1. The quantitative estimate of drug-likeness (QED) is 0.149. The van der Waals surface area contributed by atoms with Gasteiger partial charge in [-0.3, -0.25) is 4.68 Å². The molecule has 3 aromatic carbocycles. The molecule has 8 nitrogen and oxygen atoms in total. The summed E-state index contributed by atoms with van der Waals surface area (Å²) in [6.45, 7) is 5.52. The number of aromatic nitrogens is 3. The van der Waals surface area contributed by atoms with E-state index in [2.05, 4.69) is 52.9 Å². The Kier molecular flexibility index (Phi) is 8.49. The van der Waals surface area contributed by atoms with Gasteiger partial charge in [-0.05, 0) is 56.8 Å². The lowest BCUT2D eigenvalue weighted by Crippen LogP contribution is -2.24. The first-order valence-corrected chi connectivity index (χ1v) is 15.2. The summed E-state index contributed by atoms with van der Waals surface area (Å²) in [5, 5.41) is 8.22. The van der Waals surface area contributed by atoms with E-state index in [9.17, 15) is 4.79 Å². The second kappa shape index (κ2) is 12.6. The topological polar surface area (TPSA) is 70.8 Å². The van der Waals surface area contributed by atoms with Crippen molar-refractivity contribution in [2.75, 3.05) is 33.9 Å². The summed E-state index contributed by atoms with van der Waals surface area (Å²) >= 11 is 0. The predicted octanol–water partition coefficient (Wildman–Crippen LogP) is 6.37. The molecule has 0 saturated heterocycles. The van der Waals surface area contributed by atoms with E-state index in [0.29, 0.717) is 38.5 Å². The number of methoxy groups -OCH3 is 1. The number of fused-ring (bicyclic) bond motifs is 3. The number of rotatable bonds is 9. The van der Waals surface area contributed by atoms with Gasteiger partial charge in [0.1, 0.15) is 11.4 Å². The minimum absolute atomic E-state index is 0.274. The van der Waals surface area contributed by atoms with Crippen LogP contribution in [0.5, 0.6) is 5.75 Å². The van der Waals surface area contributed by atoms with Crippen LogP contribution < -0.4 is 4.74 Å². The standard InChI is InChI=1S/C35H40N4O4/c1-5-42-35(40)34-27(17-10-21-43-31-18-8-13-24-12-6-7-14-25(24)31)26-15-9-16-28-32-29(23-41-4)36-38(3)30(32)22-37(2)19-11-20-39(34)33(26)28/h6-9,12-16,18H,5,10-11,17,19-23H2,1-4H3. The molecular formula is C35H40N4O4. The van der Waals surface area contributed by atoms with Gasteiger partial charge in [0.25, 0.3) is 0 Å². The number of benzene rings is 3. The van der Waals surface area contributed by atoms with Crippen molar-refractivity contribution in [3.63, 3.8) is 0 Å². The van der Waals surface area contributed by atoms with E-state index >= 15 is 0 Å². The van der Waals surface area contributed by atoms with Gasteiger partial charge in [0.15, 0.2) is 0 Å². The Morgan fingerprint density at radius 3 is 2.60 bits per heavy atom. The fourth-order valence-corrected chi connectivity index (χ4v) is 6.53. The number of nitrogens with zero attached hydrogens (tertiary/aromatic N) is 4. The highest BCUT2D eigenvalue weighted by Gasteiger charge is 2.29. The fraction of sp³-hybridized carbons (Fsp3) is 0.371. The summed E-state index contributed by atoms with van der Waals surface area (Å²) in [5.41, 5.74) is 6.93. The first-order chi connectivity index (χ1) is 21.0. The Morgan fingerprint density at radius 1 is 0.977 bits per heavy atom. The van der Waals surface area contributed by atoms with Crippen LogP contribution in [0.15, 0.2) is 60.7 Å². The maximum Gasteiger partial charge on any atom is 0.355 e. The number of carbonyl (C=O) groups is 1. The van der Waals surface area contributed by atoms with E-state index in [1.54, 1.807) is 7.11 Å². The summed E-state index contributed by atoms with van der Waals surface area (Å²) in [4.78, 5) is 16.0. The van der Waals surface area contributed by atoms with Crippen LogP contribution in [0.25, 0.3) is 32.8 Å². The zero-order valence-electron chi connectivity index (χ0n) is 25.6. The molecule has 43 heavy (non-hydrogen) atoms. The van der Waals surface area contributed by atoms with Crippen LogP contribution in [-0.2, 0) is 42.6 Å². The summed E-state index contributed by atoms with van der Waals surface area (Å²) < 4.78 is 21.7. The maximum atomic E-state index is 13.7. The molecule has 8 heteroatoms. The monoisotopic (exact) mass is 580 g/mol. The number of ether oxygens (including phenoxy) is 3. The van der Waals surface area contributed by atoms with Crippen LogP contribution >= 0.6 is 0 Å². The Morgan fingerprint density at radius 2 is 1.77 bits per heavy atom. The lowest BCUT2D eigenvalue weighted by Gasteiger charge is -2.22. The zero-order valence-corrected chi connectivity index (χ0v) is 25.6. The molecule has 0 aliphatic carbocycles. The van der Waals surface area contributed by atoms with Gasteiger partial charge in [-0.2, -0.15) is 5.10 Å². The first-order valence-electron chi connectivity index (χ1n) is 15.2. The molecule has 0 spiro atoms. The molecule has 3 heterocycles. The van der Waals surface area contributed by atoms with Crippen molar-refractivity contribution in [1.29, 1.82) is 0 Å². The van der Waals surface area contributed by atoms with Crippen LogP contribution in [0.1, 0.15) is 47.2 Å². The number of aryl methyl sites for hydroxylation is 3. The van der Waals surface area contributed by atoms with Gasteiger partial charge in [-0.1, -0.05) is 54.6 Å². The third-order valence-electron chi connectivity index (χ3n) is 8.36. The van der Waals surface area contributed by atoms with E-state index in [4.69, 9.17) is 19.3 Å². The van der Waals surface area contributed by atoms with E-state index in [1.165, 1.54) is 0 Å². The van der Waals surface area contributed by atoms with Crippen LogP contribution in [0.4, 0.5) is 0 Å². The normalized spacial score (nSPS) is 13.8. The van der Waals surface area contributed by atoms with Crippen LogP contribution in [0.3, 0.4) is 0 Å². The number of para-hydroxylation sites is 1. The highest BCUT2D eigenvalue weighted by Crippen LogP contribution is 2.39. The van der Waals surface area contributed by atoms with Gasteiger partial charge >= 0.3 is 5.97 Å². The van der Waals surface area contributed by atoms with Crippen LogP contribution in [0, 0.1) is 0 Å². The van der Waals surface area contributed by atoms with Gasteiger partial charge in [-0.25, -0.2) is 4.79 Å². The van der Waals surface area contributed by atoms with Crippen LogP contribution in [-0.4, -0.2) is 59.1 Å². The highest BCUT2D eigenvalue weighted by atomic mass is 16.5. The summed E-state index contributed by atoms with van der Waals surface area (Å²) in [6.07, 6.45) is 2.36. The van der Waals surface area contributed by atoms with E-state index < -0.39 is 0 Å². The average Bonchev–Trinajstić information content (AvgIpc) is 3.49. The van der Waals surface area contributed by atoms with E-state index in [1.807, 2.05) is 42.9 Å². The minimum atomic E-state index is -0.274. The summed E-state index contributed by atoms with van der Waals surface area (Å²) in [6, 6.07) is 20.8. The van der Waals surface area contributed by atoms with Crippen molar-refractivity contribution in [1.82, 2.24) is 19.2 Å². The molecule has 0 atom stereocenters. The Hall–Kier alpha value is -4.14. The Balaban J connectivity index is 1.44. The number of hydrogen-bond acceptors (Lipinski definition) is 6. The first kappa shape index (κ1) is 29.0. The highest BCUT2D eigenvalue weighted by molar-refractivity contribution is 6.05. The lowest BCUT2D eigenvalue weighted by atomic mass is 9.97. The molecule has 2 aromatic heterocycles. The molecular weight excluding hydrogens is 540 g/mol. The molecule has 224 valence electrons. The summed E-state index contributed by atoms with van der Waals surface area (Å²) in [7, 11) is 5.84. The molecule has 0 bridgehead atoms. The zero-order chi connectivity index (χ0) is 29.9. The predicted molar refractivity (Wildman–Crippen MR) is 170 cm³/mol. The molecule has 0 unspecified atom stereocenters. The maximum absolute atomic E-state index is 13.7. The van der Waals surface area contributed by atoms with Crippen LogP contribution in [0.2, 0.25) is 0 Å². The molecule has 0 N–H and O–H groups in total. The number of hydrogen-bond donors (Lipinski definition) is 0. The van der Waals surface area contributed by atoms with Crippen molar-refractivity contribution < 1.29 is 19.0 Å². The van der Waals surface area contributed by atoms with Crippen molar-refractivity contribution in [3.8, 4) is 16.9 Å². The molecule has 0 amide bonds. The molecule has 0 fully saturated rings. The van der Waals surface area contributed by atoms with Gasteiger partial charge in [0.05, 0.1) is 36.7 Å². The van der Waals surface area contributed by atoms with Crippen molar-refractivity contribution in [3.05, 3.63) is 83.3 Å². The largest absolute Gasteiger partial charge is 0.493 e. The van der Waals surface area contributed by atoms with Gasteiger partial charge < -0.3 is 23.7 Å². The van der Waals surface area contributed by atoms with Gasteiger partial charge in [0.2, 0.25) is 0 Å². The van der Waals surface area contributed by atoms with E-state index in [0.717, 1.165) is 81.4 Å². The average molecular weight is 581 g/mol. The number of esters is 1. The molecule has 1 aliphatic heterocycles. The Labute approximate surface area is 252 Å². The second-order valence-electron chi connectivity index (χ2n) is 11.2. The lowest BCUT2D eigenvalue weighted by molar-refractivity contribution is 0.0512. The molecule has 6 rings (SSSR count). The summed E-state index contributed by atoms with van der Waals surface area (Å²) in [5.74, 6) is 0.606. The molecule has 0 radical (unpaired) electrons. The molecule has 1 aliphatic rings.